The number of benzene rings is 1. The van der Waals surface area contributed by atoms with Crippen molar-refractivity contribution in [2.45, 2.75) is 40.7 Å². The Bertz CT molecular complexity index is 803. The monoisotopic (exact) mass is 519 g/mol. The molecule has 28 heavy (non-hydrogen) atoms. The molecule has 0 aliphatic rings. The minimum atomic E-state index is -0.0948. The lowest BCUT2D eigenvalue weighted by molar-refractivity contribution is -0.116. The van der Waals surface area contributed by atoms with Gasteiger partial charge in [-0.15, -0.1) is 24.0 Å². The van der Waals surface area contributed by atoms with Crippen LogP contribution in [-0.2, 0) is 11.3 Å². The second kappa shape index (κ2) is 11.9. The van der Waals surface area contributed by atoms with Crippen LogP contribution in [0.25, 0.3) is 0 Å². The summed E-state index contributed by atoms with van der Waals surface area (Å²) in [5, 5.41) is 9.78. The first kappa shape index (κ1) is 24.2. The van der Waals surface area contributed by atoms with Crippen LogP contribution in [0.1, 0.15) is 36.3 Å². The molecule has 2 rings (SSSR count). The molecule has 0 saturated heterocycles. The predicted molar refractivity (Wildman–Crippen MR) is 124 cm³/mol. The molecule has 1 amide bonds. The zero-order valence-electron chi connectivity index (χ0n) is 16.6. The number of nitrogens with one attached hydrogen (secondary N) is 3. The molecule has 0 unspecified atom stereocenters. The molecule has 7 nitrogen and oxygen atoms in total. The van der Waals surface area contributed by atoms with Gasteiger partial charge in [0.1, 0.15) is 12.3 Å². The van der Waals surface area contributed by atoms with Crippen molar-refractivity contribution in [1.29, 1.82) is 0 Å². The fourth-order valence-corrected chi connectivity index (χ4v) is 2.52. The molecule has 0 atom stereocenters. The zero-order valence-corrected chi connectivity index (χ0v) is 19.6. The number of halogens is 2. The van der Waals surface area contributed by atoms with Crippen molar-refractivity contribution in [1.82, 2.24) is 15.6 Å². The Labute approximate surface area is 187 Å². The van der Waals surface area contributed by atoms with Crippen LogP contribution >= 0.6 is 35.6 Å². The number of aliphatic imine (C=N–C) groups is 1. The number of carbonyl (C=O) groups is 1. The molecule has 9 heteroatoms. The lowest BCUT2D eigenvalue weighted by Crippen LogP contribution is -2.38. The van der Waals surface area contributed by atoms with E-state index in [-0.39, 0.29) is 29.9 Å². The van der Waals surface area contributed by atoms with Crippen LogP contribution in [-0.4, -0.2) is 29.9 Å². The molecule has 154 valence electrons. The van der Waals surface area contributed by atoms with Crippen LogP contribution in [0.3, 0.4) is 0 Å². The summed E-state index contributed by atoms with van der Waals surface area (Å²) < 4.78 is 5.52. The highest BCUT2D eigenvalue weighted by atomic mass is 127. The molecular weight excluding hydrogens is 493 g/mol. The van der Waals surface area contributed by atoms with E-state index in [0.29, 0.717) is 42.9 Å². The molecule has 1 aromatic heterocycles. The first-order chi connectivity index (χ1) is 12.9. The number of rotatable bonds is 7. The minimum Gasteiger partial charge on any atom is -0.444 e. The molecule has 0 radical (unpaired) electrons. The maximum atomic E-state index is 12.2. The Balaban J connectivity index is 0.00000392. The highest BCUT2D eigenvalue weighted by Gasteiger charge is 2.08. The second-order valence-electron chi connectivity index (χ2n) is 6.08. The fourth-order valence-electron chi connectivity index (χ4n) is 2.35. The fraction of sp³-hybridized carbons (Fsp3) is 0.421. The van der Waals surface area contributed by atoms with Gasteiger partial charge in [-0.2, -0.15) is 0 Å². The highest BCUT2D eigenvalue weighted by molar-refractivity contribution is 14.0. The van der Waals surface area contributed by atoms with E-state index in [9.17, 15) is 4.79 Å². The van der Waals surface area contributed by atoms with Gasteiger partial charge >= 0.3 is 0 Å². The summed E-state index contributed by atoms with van der Waals surface area (Å²) in [5.41, 5.74) is 2.45. The third kappa shape index (κ3) is 7.31. The van der Waals surface area contributed by atoms with E-state index in [2.05, 4.69) is 25.9 Å². The highest BCUT2D eigenvalue weighted by Crippen LogP contribution is 2.22. The summed E-state index contributed by atoms with van der Waals surface area (Å²) in [5.74, 6) is 1.88. The van der Waals surface area contributed by atoms with Gasteiger partial charge in [-0.3, -0.25) is 4.79 Å². The third-order valence-corrected chi connectivity index (χ3v) is 4.39. The zero-order chi connectivity index (χ0) is 19.8. The number of aromatic nitrogens is 1. The lowest BCUT2D eigenvalue weighted by Gasteiger charge is -2.12. The van der Waals surface area contributed by atoms with Gasteiger partial charge in [0.15, 0.2) is 5.96 Å². The number of amides is 1. The topological polar surface area (TPSA) is 91.6 Å². The summed E-state index contributed by atoms with van der Waals surface area (Å²) in [6.45, 7) is 9.11. The van der Waals surface area contributed by atoms with Crippen molar-refractivity contribution in [3.63, 3.8) is 0 Å². The summed E-state index contributed by atoms with van der Waals surface area (Å²) in [6, 6.07) is 5.44. The van der Waals surface area contributed by atoms with Crippen LogP contribution in [0.4, 0.5) is 5.69 Å². The van der Waals surface area contributed by atoms with Crippen LogP contribution in [0.15, 0.2) is 27.6 Å². The molecule has 0 saturated carbocycles. The third-order valence-electron chi connectivity index (χ3n) is 3.98. The van der Waals surface area contributed by atoms with Crippen LogP contribution in [0.5, 0.6) is 0 Å². The van der Waals surface area contributed by atoms with E-state index in [1.165, 1.54) is 0 Å². The molecule has 0 bridgehead atoms. The summed E-state index contributed by atoms with van der Waals surface area (Å²) >= 11 is 6.07. The Kier molecular flexibility index (Phi) is 10.3. The van der Waals surface area contributed by atoms with Crippen molar-refractivity contribution in [2.75, 3.05) is 18.4 Å². The van der Waals surface area contributed by atoms with E-state index in [0.717, 1.165) is 22.7 Å². The van der Waals surface area contributed by atoms with Gasteiger partial charge < -0.3 is 20.4 Å². The Hall–Kier alpha value is -1.81. The van der Waals surface area contributed by atoms with E-state index in [4.69, 9.17) is 16.0 Å². The van der Waals surface area contributed by atoms with E-state index < -0.39 is 0 Å². The van der Waals surface area contributed by atoms with Crippen LogP contribution in [0, 0.1) is 20.8 Å². The minimum absolute atomic E-state index is 0. The average Bonchev–Trinajstić information content (AvgIpc) is 2.95. The molecule has 1 heterocycles. The molecule has 3 N–H and O–H groups in total. The summed E-state index contributed by atoms with van der Waals surface area (Å²) in [7, 11) is 0. The number of nitrogens with zero attached hydrogens (tertiary/aromatic N) is 2. The number of aryl methyl sites for hydroxylation is 2. The van der Waals surface area contributed by atoms with Gasteiger partial charge in [0.05, 0.1) is 5.69 Å². The maximum Gasteiger partial charge on any atom is 0.226 e. The number of oxazole rings is 1. The van der Waals surface area contributed by atoms with Gasteiger partial charge in [-0.05, 0) is 45.4 Å². The quantitative estimate of drug-likeness (QED) is 0.293. The van der Waals surface area contributed by atoms with E-state index in [1.54, 1.807) is 6.07 Å². The van der Waals surface area contributed by atoms with Gasteiger partial charge in [-0.25, -0.2) is 9.98 Å². The number of hydrogen-bond acceptors (Lipinski definition) is 4. The van der Waals surface area contributed by atoms with Crippen LogP contribution in [0.2, 0.25) is 5.02 Å². The van der Waals surface area contributed by atoms with Crippen molar-refractivity contribution >= 4 is 53.1 Å². The normalized spacial score (nSPS) is 11.0. The SMILES string of the molecule is CCNC(=NCc1nc(C)c(C)o1)NCCC(=O)Nc1cccc(Cl)c1C.I. The van der Waals surface area contributed by atoms with Crippen LogP contribution < -0.4 is 16.0 Å². The van der Waals surface area contributed by atoms with Gasteiger partial charge in [0.2, 0.25) is 11.8 Å². The van der Waals surface area contributed by atoms with E-state index in [1.807, 2.05) is 39.8 Å². The summed E-state index contributed by atoms with van der Waals surface area (Å²) in [6.07, 6.45) is 0.299. The smallest absolute Gasteiger partial charge is 0.226 e. The summed E-state index contributed by atoms with van der Waals surface area (Å²) in [4.78, 5) is 20.9. The number of hydrogen-bond donors (Lipinski definition) is 3. The number of anilines is 1. The predicted octanol–water partition coefficient (Wildman–Crippen LogP) is 3.96. The molecule has 0 spiro atoms. The van der Waals surface area contributed by atoms with Crippen molar-refractivity contribution in [3.05, 3.63) is 46.1 Å². The van der Waals surface area contributed by atoms with Gasteiger partial charge in [0.25, 0.3) is 0 Å². The molecular formula is C19H27ClIN5O2. The number of guanidine groups is 1. The number of carbonyl (C=O) groups excluding carboxylic acids is 1. The second-order valence-corrected chi connectivity index (χ2v) is 6.49. The largest absolute Gasteiger partial charge is 0.444 e. The Morgan fingerprint density at radius 2 is 2.00 bits per heavy atom. The first-order valence-electron chi connectivity index (χ1n) is 8.90. The van der Waals surface area contributed by atoms with Gasteiger partial charge in [0, 0.05) is 30.2 Å². The molecule has 0 aliphatic heterocycles. The molecule has 2 aromatic rings. The molecule has 0 aliphatic carbocycles. The average molecular weight is 520 g/mol. The van der Waals surface area contributed by atoms with Crippen molar-refractivity contribution < 1.29 is 9.21 Å². The Morgan fingerprint density at radius 3 is 2.64 bits per heavy atom. The standard InChI is InChI=1S/C19H26ClN5O2.HI/c1-5-21-19(23-11-18-24-13(3)14(4)27-18)22-10-9-17(26)25-16-8-6-7-15(20)12(16)2;/h6-8H,5,9-11H2,1-4H3,(H,25,26)(H2,21,22,23);1H. The molecule has 0 fully saturated rings. The van der Waals surface area contributed by atoms with Crippen molar-refractivity contribution in [2.24, 2.45) is 4.99 Å². The van der Waals surface area contributed by atoms with E-state index >= 15 is 0 Å². The molecule has 1 aromatic carbocycles. The Morgan fingerprint density at radius 1 is 1.25 bits per heavy atom. The maximum absolute atomic E-state index is 12.2. The van der Waals surface area contributed by atoms with Gasteiger partial charge in [-0.1, -0.05) is 17.7 Å². The first-order valence-corrected chi connectivity index (χ1v) is 9.28. The van der Waals surface area contributed by atoms with Crippen molar-refractivity contribution in [3.8, 4) is 0 Å². The lowest BCUT2D eigenvalue weighted by atomic mass is 10.2.